The molecule has 5 nitrogen and oxygen atoms in total. The summed E-state index contributed by atoms with van der Waals surface area (Å²) in [5.74, 6) is 1.10. The maximum absolute atomic E-state index is 4.48. The van der Waals surface area contributed by atoms with Crippen LogP contribution in [0.25, 0.3) is 0 Å². The molecule has 3 aromatic rings. The van der Waals surface area contributed by atoms with Crippen LogP contribution in [0.5, 0.6) is 0 Å². The number of aromatic nitrogens is 3. The molecular formula is C18H18BrN5. The zero-order valence-electron chi connectivity index (χ0n) is 13.8. The number of hydrogen-bond acceptors (Lipinski definition) is 5. The van der Waals surface area contributed by atoms with Gasteiger partial charge in [0.25, 0.3) is 0 Å². The number of benzene rings is 2. The van der Waals surface area contributed by atoms with E-state index in [-0.39, 0.29) is 0 Å². The largest absolute Gasteiger partial charge is 0.339 e. The smallest absolute Gasteiger partial charge is 0.249 e. The molecule has 0 fully saturated rings. The van der Waals surface area contributed by atoms with Gasteiger partial charge in [0, 0.05) is 15.8 Å². The van der Waals surface area contributed by atoms with Crippen LogP contribution in [0.3, 0.4) is 0 Å². The molecule has 0 saturated heterocycles. The Morgan fingerprint density at radius 2 is 1.67 bits per heavy atom. The van der Waals surface area contributed by atoms with E-state index < -0.39 is 0 Å². The number of aryl methyl sites for hydroxylation is 3. The van der Waals surface area contributed by atoms with Crippen molar-refractivity contribution in [2.45, 2.75) is 20.8 Å². The third-order valence-corrected chi connectivity index (χ3v) is 3.98. The fourth-order valence-electron chi connectivity index (χ4n) is 2.50. The lowest BCUT2D eigenvalue weighted by molar-refractivity contribution is 0.982. The van der Waals surface area contributed by atoms with Crippen LogP contribution >= 0.6 is 15.9 Å². The van der Waals surface area contributed by atoms with Gasteiger partial charge in [-0.25, -0.2) is 0 Å². The van der Waals surface area contributed by atoms with E-state index in [1.807, 2.05) is 25.1 Å². The topological polar surface area (TPSA) is 62.7 Å². The summed E-state index contributed by atoms with van der Waals surface area (Å²) in [4.78, 5) is 4.48. The molecule has 6 heteroatoms. The number of nitrogens with zero attached hydrogens (tertiary/aromatic N) is 3. The number of halogens is 1. The molecule has 0 unspecified atom stereocenters. The van der Waals surface area contributed by atoms with Gasteiger partial charge in [-0.1, -0.05) is 22.0 Å². The van der Waals surface area contributed by atoms with Crippen LogP contribution in [0.15, 0.2) is 47.1 Å². The minimum Gasteiger partial charge on any atom is -0.339 e. The normalized spacial score (nSPS) is 10.5. The van der Waals surface area contributed by atoms with E-state index in [4.69, 9.17) is 0 Å². The lowest BCUT2D eigenvalue weighted by Crippen LogP contribution is -2.03. The predicted octanol–water partition coefficient (Wildman–Crippen LogP) is 5.05. The average molecular weight is 384 g/mol. The Kier molecular flexibility index (Phi) is 4.76. The number of anilines is 4. The first-order valence-electron chi connectivity index (χ1n) is 7.58. The molecule has 3 rings (SSSR count). The Balaban J connectivity index is 1.81. The van der Waals surface area contributed by atoms with Gasteiger partial charge in [0.15, 0.2) is 5.82 Å². The Labute approximate surface area is 149 Å². The number of rotatable bonds is 4. The predicted molar refractivity (Wildman–Crippen MR) is 101 cm³/mol. The van der Waals surface area contributed by atoms with Crippen LogP contribution in [0.1, 0.15) is 16.7 Å². The molecule has 0 radical (unpaired) electrons. The lowest BCUT2D eigenvalue weighted by Gasteiger charge is -2.10. The minimum atomic E-state index is 0.458. The van der Waals surface area contributed by atoms with Crippen LogP contribution < -0.4 is 10.6 Å². The van der Waals surface area contributed by atoms with Gasteiger partial charge in [-0.2, -0.15) is 10.1 Å². The molecule has 0 amide bonds. The Morgan fingerprint density at radius 1 is 0.917 bits per heavy atom. The molecule has 1 aromatic heterocycles. The molecule has 0 aliphatic heterocycles. The van der Waals surface area contributed by atoms with Crippen molar-refractivity contribution in [3.05, 3.63) is 63.8 Å². The highest BCUT2D eigenvalue weighted by atomic mass is 79.9. The quantitative estimate of drug-likeness (QED) is 0.659. The lowest BCUT2D eigenvalue weighted by atomic mass is 10.1. The van der Waals surface area contributed by atoms with Crippen LogP contribution in [0, 0.1) is 20.8 Å². The van der Waals surface area contributed by atoms with Crippen molar-refractivity contribution in [1.29, 1.82) is 0 Å². The SMILES string of the molecule is Cc1cc(C)cc(Nc2nncc(Nc3ccc(Br)cc3C)n2)c1. The minimum absolute atomic E-state index is 0.458. The van der Waals surface area contributed by atoms with Crippen LogP contribution in [-0.2, 0) is 0 Å². The van der Waals surface area contributed by atoms with Gasteiger partial charge in [0.05, 0.1) is 6.20 Å². The van der Waals surface area contributed by atoms with Crippen molar-refractivity contribution >= 4 is 39.1 Å². The third-order valence-electron chi connectivity index (χ3n) is 3.49. The van der Waals surface area contributed by atoms with E-state index in [0.29, 0.717) is 11.8 Å². The first kappa shape index (κ1) is 16.4. The standard InChI is InChI=1S/C18H18BrN5/c1-11-6-12(2)8-15(7-11)21-18-23-17(10-20-24-18)22-16-5-4-14(19)9-13(16)3/h4-10H,1-3H3,(H2,21,22,23,24). The summed E-state index contributed by atoms with van der Waals surface area (Å²) in [7, 11) is 0. The van der Waals surface area contributed by atoms with Gasteiger partial charge in [0.2, 0.25) is 5.95 Å². The first-order chi connectivity index (χ1) is 11.5. The van der Waals surface area contributed by atoms with E-state index >= 15 is 0 Å². The zero-order chi connectivity index (χ0) is 17.1. The Hall–Kier alpha value is -2.47. The van der Waals surface area contributed by atoms with E-state index in [2.05, 4.69) is 73.8 Å². The summed E-state index contributed by atoms with van der Waals surface area (Å²) in [5, 5.41) is 14.6. The summed E-state index contributed by atoms with van der Waals surface area (Å²) in [5.41, 5.74) is 5.42. The summed E-state index contributed by atoms with van der Waals surface area (Å²) in [6, 6.07) is 12.3. The van der Waals surface area contributed by atoms with Crippen molar-refractivity contribution < 1.29 is 0 Å². The molecule has 2 aromatic carbocycles. The molecule has 0 atom stereocenters. The van der Waals surface area contributed by atoms with Crippen molar-refractivity contribution in [2.75, 3.05) is 10.6 Å². The molecule has 24 heavy (non-hydrogen) atoms. The maximum Gasteiger partial charge on any atom is 0.249 e. The van der Waals surface area contributed by atoms with E-state index in [0.717, 1.165) is 21.4 Å². The third kappa shape index (κ3) is 4.08. The van der Waals surface area contributed by atoms with Gasteiger partial charge in [-0.15, -0.1) is 5.10 Å². The number of nitrogens with one attached hydrogen (secondary N) is 2. The summed E-state index contributed by atoms with van der Waals surface area (Å²) in [6.07, 6.45) is 1.61. The zero-order valence-corrected chi connectivity index (χ0v) is 15.3. The Bertz CT molecular complexity index is 859. The van der Waals surface area contributed by atoms with Gasteiger partial charge in [-0.05, 0) is 67.8 Å². The van der Waals surface area contributed by atoms with Crippen molar-refractivity contribution in [3.8, 4) is 0 Å². The van der Waals surface area contributed by atoms with Gasteiger partial charge in [-0.3, -0.25) is 0 Å². The monoisotopic (exact) mass is 383 g/mol. The maximum atomic E-state index is 4.48. The highest BCUT2D eigenvalue weighted by Crippen LogP contribution is 2.23. The highest BCUT2D eigenvalue weighted by Gasteiger charge is 2.05. The van der Waals surface area contributed by atoms with E-state index in [1.54, 1.807) is 6.20 Å². The summed E-state index contributed by atoms with van der Waals surface area (Å²) >= 11 is 3.47. The molecular weight excluding hydrogens is 366 g/mol. The molecule has 1 heterocycles. The average Bonchev–Trinajstić information content (AvgIpc) is 2.49. The van der Waals surface area contributed by atoms with E-state index in [9.17, 15) is 0 Å². The van der Waals surface area contributed by atoms with Gasteiger partial charge >= 0.3 is 0 Å². The van der Waals surface area contributed by atoms with Gasteiger partial charge < -0.3 is 10.6 Å². The molecule has 0 spiro atoms. The first-order valence-corrected chi connectivity index (χ1v) is 8.37. The van der Waals surface area contributed by atoms with Crippen LogP contribution in [0.2, 0.25) is 0 Å². The summed E-state index contributed by atoms with van der Waals surface area (Å²) in [6.45, 7) is 6.16. The second-order valence-corrected chi connectivity index (χ2v) is 6.67. The molecule has 0 aliphatic carbocycles. The van der Waals surface area contributed by atoms with Crippen molar-refractivity contribution in [2.24, 2.45) is 0 Å². The fourth-order valence-corrected chi connectivity index (χ4v) is 2.97. The molecule has 0 bridgehead atoms. The van der Waals surface area contributed by atoms with Crippen LogP contribution in [-0.4, -0.2) is 15.2 Å². The molecule has 2 N–H and O–H groups in total. The highest BCUT2D eigenvalue weighted by molar-refractivity contribution is 9.10. The van der Waals surface area contributed by atoms with Crippen molar-refractivity contribution in [1.82, 2.24) is 15.2 Å². The summed E-state index contributed by atoms with van der Waals surface area (Å²) < 4.78 is 1.04. The second-order valence-electron chi connectivity index (χ2n) is 5.75. The second kappa shape index (κ2) is 6.97. The van der Waals surface area contributed by atoms with Gasteiger partial charge in [0.1, 0.15) is 0 Å². The van der Waals surface area contributed by atoms with Crippen LogP contribution in [0.4, 0.5) is 23.1 Å². The van der Waals surface area contributed by atoms with E-state index in [1.165, 1.54) is 11.1 Å². The molecule has 0 saturated carbocycles. The fraction of sp³-hybridized carbons (Fsp3) is 0.167. The number of hydrogen-bond donors (Lipinski definition) is 2. The molecule has 122 valence electrons. The molecule has 0 aliphatic rings. The van der Waals surface area contributed by atoms with Crippen molar-refractivity contribution in [3.63, 3.8) is 0 Å². The Morgan fingerprint density at radius 3 is 2.38 bits per heavy atom.